The van der Waals surface area contributed by atoms with Gasteiger partial charge in [0.05, 0.1) is 6.04 Å². The van der Waals surface area contributed by atoms with Gasteiger partial charge in [0.15, 0.2) is 0 Å². The van der Waals surface area contributed by atoms with E-state index in [2.05, 4.69) is 47.8 Å². The largest absolute Gasteiger partial charge is 0.382 e. The predicted molar refractivity (Wildman–Crippen MR) is 169 cm³/mol. The van der Waals surface area contributed by atoms with Crippen molar-refractivity contribution in [2.24, 2.45) is 88.1 Å². The van der Waals surface area contributed by atoms with Crippen molar-refractivity contribution in [1.82, 2.24) is 0 Å². The molecular weight excluding hydrogens is 512 g/mol. The van der Waals surface area contributed by atoms with E-state index in [1.807, 2.05) is 0 Å². The summed E-state index contributed by atoms with van der Waals surface area (Å²) in [5.74, 6) is 9.95. The van der Waals surface area contributed by atoms with E-state index >= 15 is 0 Å². The average molecular weight is 565 g/mol. The van der Waals surface area contributed by atoms with Crippen LogP contribution in [0.3, 0.4) is 0 Å². The Morgan fingerprint density at radius 2 is 1.71 bits per heavy atom. The lowest BCUT2D eigenvalue weighted by Gasteiger charge is -2.41. The second kappa shape index (κ2) is 9.82. The normalized spacial score (nSPS) is 52.3. The van der Waals surface area contributed by atoms with Crippen molar-refractivity contribution in [2.75, 3.05) is 5.32 Å². The van der Waals surface area contributed by atoms with Crippen LogP contribution in [0.5, 0.6) is 0 Å². The molecule has 8 aliphatic rings. The summed E-state index contributed by atoms with van der Waals surface area (Å²) in [5, 5.41) is 3.92. The number of fused-ring (bicyclic) bond motifs is 10. The van der Waals surface area contributed by atoms with Crippen LogP contribution in [0.1, 0.15) is 77.0 Å². The van der Waals surface area contributed by atoms with Gasteiger partial charge in [-0.15, -0.1) is 0 Å². The van der Waals surface area contributed by atoms with Crippen molar-refractivity contribution in [3.05, 3.63) is 54.6 Å². The van der Waals surface area contributed by atoms with Crippen LogP contribution < -0.4 is 11.1 Å². The second-order valence-electron chi connectivity index (χ2n) is 16.5. The smallest absolute Gasteiger partial charge is 0.137 e. The Balaban J connectivity index is 0.996. The van der Waals surface area contributed by atoms with Crippen LogP contribution in [0.15, 0.2) is 54.6 Å². The summed E-state index contributed by atoms with van der Waals surface area (Å²) in [6.45, 7) is 4.73. The van der Waals surface area contributed by atoms with Gasteiger partial charge in [-0.3, -0.25) is 0 Å². The molecule has 16 atom stereocenters. The highest BCUT2D eigenvalue weighted by molar-refractivity contribution is 5.62. The summed E-state index contributed by atoms with van der Waals surface area (Å²) in [5.41, 5.74) is 9.86. The van der Waals surface area contributed by atoms with Gasteiger partial charge in [-0.25, -0.2) is 0 Å². The summed E-state index contributed by atoms with van der Waals surface area (Å²) in [7, 11) is 0. The molecule has 8 aliphatic carbocycles. The molecule has 0 spiro atoms. The van der Waals surface area contributed by atoms with Crippen molar-refractivity contribution in [2.45, 2.75) is 89.1 Å². The Kier molecular flexibility index (Phi) is 6.20. The Morgan fingerprint density at radius 3 is 2.57 bits per heavy atom. The zero-order valence-corrected chi connectivity index (χ0v) is 25.5. The third-order valence-corrected chi connectivity index (χ3v) is 15.5. The molecular formula is C39H52N2O. The Hall–Kier alpha value is -1.87. The molecule has 3 heteroatoms. The molecule has 0 heterocycles. The van der Waals surface area contributed by atoms with Gasteiger partial charge in [0.1, 0.15) is 6.29 Å². The van der Waals surface area contributed by atoms with Crippen LogP contribution in [0.4, 0.5) is 5.69 Å². The number of anilines is 1. The Bertz CT molecular complexity index is 1260. The van der Waals surface area contributed by atoms with Crippen LogP contribution in [-0.4, -0.2) is 18.4 Å². The number of benzene rings is 1. The molecule has 0 saturated heterocycles. The maximum atomic E-state index is 12.7. The van der Waals surface area contributed by atoms with Gasteiger partial charge in [0.25, 0.3) is 0 Å². The number of allylic oxidation sites excluding steroid dienone is 3. The Labute approximate surface area is 253 Å². The molecule has 9 rings (SSSR count). The third-order valence-electron chi connectivity index (χ3n) is 15.5. The van der Waals surface area contributed by atoms with Gasteiger partial charge in [-0.2, -0.15) is 0 Å². The molecule has 0 aromatic heterocycles. The number of aldehydes is 1. The van der Waals surface area contributed by atoms with Crippen LogP contribution in [0.2, 0.25) is 0 Å². The molecule has 0 unspecified atom stereocenters. The minimum atomic E-state index is -0.319. The number of hydrogen-bond donors (Lipinski definition) is 2. The van der Waals surface area contributed by atoms with E-state index in [1.54, 1.807) is 5.57 Å². The summed E-state index contributed by atoms with van der Waals surface area (Å²) in [6, 6.07) is 11.1. The molecule has 224 valence electrons. The Morgan fingerprint density at radius 1 is 0.857 bits per heavy atom. The predicted octanol–water partition coefficient (Wildman–Crippen LogP) is 7.89. The minimum absolute atomic E-state index is 0.00631. The molecule has 1 aromatic carbocycles. The van der Waals surface area contributed by atoms with Gasteiger partial charge in [-0.1, -0.05) is 55.3 Å². The molecule has 42 heavy (non-hydrogen) atoms. The number of carbonyl (C=O) groups is 1. The fourth-order valence-corrected chi connectivity index (χ4v) is 14.2. The number of nitrogens with two attached hydrogens (primary N) is 1. The minimum Gasteiger partial charge on any atom is -0.382 e. The fraction of sp³-hybridized carbons (Fsp3) is 0.718. The van der Waals surface area contributed by atoms with Crippen molar-refractivity contribution >= 4 is 12.0 Å². The lowest BCUT2D eigenvalue weighted by Crippen LogP contribution is -2.44. The summed E-state index contributed by atoms with van der Waals surface area (Å²) < 4.78 is 0. The lowest BCUT2D eigenvalue weighted by atomic mass is 9.64. The van der Waals surface area contributed by atoms with Crippen molar-refractivity contribution in [3.63, 3.8) is 0 Å². The first-order chi connectivity index (χ1) is 20.6. The second-order valence-corrected chi connectivity index (χ2v) is 16.5. The van der Waals surface area contributed by atoms with E-state index in [4.69, 9.17) is 12.3 Å². The van der Waals surface area contributed by atoms with E-state index in [0.717, 1.165) is 53.3 Å². The molecule has 0 radical (unpaired) electrons. The number of carbonyl (C=O) groups excluding carboxylic acids is 1. The standard InChI is InChI=1S/C39H52N2O/c1-22-10-16-34-38(37-30-13-11-23-6-5-9-27(23)32(30)20-31(22)37)39(34,36(40)21-42)25-12-14-28-24(18-25)19-33-29(28)15-17-35(33)41-26-7-3-2-4-8-26/h2-4,7-8,12,14,21,23-25,27-38,41H,1,5-6,9-11,13,15-20,40H2/t23-,24-,25+,27+,28-,29+,30+,31-,32-,33-,34-,35-,36+,37-,38-,39-/m1/s1. The first-order valence-corrected chi connectivity index (χ1v) is 18.0. The van der Waals surface area contributed by atoms with E-state index in [1.165, 1.54) is 89.0 Å². The average Bonchev–Trinajstić information content (AvgIpc) is 3.50. The fourth-order valence-electron chi connectivity index (χ4n) is 14.2. The number of para-hydroxylation sites is 1. The van der Waals surface area contributed by atoms with Crippen molar-refractivity contribution < 1.29 is 4.79 Å². The van der Waals surface area contributed by atoms with Crippen LogP contribution in [0, 0.1) is 82.3 Å². The van der Waals surface area contributed by atoms with Gasteiger partial charge in [-0.05, 0) is 153 Å². The number of rotatable bonds is 5. The highest BCUT2D eigenvalue weighted by atomic mass is 16.1. The molecule has 0 bridgehead atoms. The van der Waals surface area contributed by atoms with Crippen molar-refractivity contribution in [1.29, 1.82) is 0 Å². The van der Waals surface area contributed by atoms with Gasteiger partial charge >= 0.3 is 0 Å². The highest BCUT2D eigenvalue weighted by Gasteiger charge is 2.75. The quantitative estimate of drug-likeness (QED) is 0.282. The van der Waals surface area contributed by atoms with E-state index in [-0.39, 0.29) is 11.5 Å². The highest BCUT2D eigenvalue weighted by Crippen LogP contribution is 2.78. The third kappa shape index (κ3) is 3.64. The topological polar surface area (TPSA) is 55.1 Å². The maximum Gasteiger partial charge on any atom is 0.137 e. The molecule has 7 fully saturated rings. The van der Waals surface area contributed by atoms with Crippen LogP contribution in [-0.2, 0) is 4.79 Å². The van der Waals surface area contributed by atoms with Crippen LogP contribution in [0.25, 0.3) is 0 Å². The van der Waals surface area contributed by atoms with Crippen molar-refractivity contribution in [3.8, 4) is 0 Å². The molecule has 3 N–H and O–H groups in total. The number of nitrogens with one attached hydrogen (secondary N) is 1. The first-order valence-electron chi connectivity index (χ1n) is 18.0. The molecule has 1 aromatic rings. The summed E-state index contributed by atoms with van der Waals surface area (Å²) >= 11 is 0. The van der Waals surface area contributed by atoms with Crippen LogP contribution >= 0.6 is 0 Å². The summed E-state index contributed by atoms with van der Waals surface area (Å²) in [6.07, 6.45) is 22.8. The van der Waals surface area contributed by atoms with E-state index in [9.17, 15) is 4.79 Å². The number of hydrogen-bond acceptors (Lipinski definition) is 3. The van der Waals surface area contributed by atoms with E-state index in [0.29, 0.717) is 29.7 Å². The first kappa shape index (κ1) is 26.5. The zero-order chi connectivity index (χ0) is 28.2. The van der Waals surface area contributed by atoms with E-state index < -0.39 is 0 Å². The molecule has 0 amide bonds. The maximum absolute atomic E-state index is 12.7. The molecule has 7 saturated carbocycles. The summed E-state index contributed by atoms with van der Waals surface area (Å²) in [4.78, 5) is 12.7. The monoisotopic (exact) mass is 564 g/mol. The van der Waals surface area contributed by atoms with Gasteiger partial charge < -0.3 is 15.8 Å². The van der Waals surface area contributed by atoms with Gasteiger partial charge in [0, 0.05) is 17.1 Å². The molecule has 3 nitrogen and oxygen atoms in total. The lowest BCUT2D eigenvalue weighted by molar-refractivity contribution is -0.111. The molecule has 0 aliphatic heterocycles. The SMILES string of the molecule is C=C1CC[C@@H]2[C@H]([C@@H]3[C@H]4CC[C@H]5CCC[C@@H]5[C@H]4C[C@H]13)[C@]2([C@@H](N)C=O)[C@H]1C=C[C@@H]2[C@@H](C[C@@H]3[C@H]2CC[C@H]3Nc2ccccc2)C1. The van der Waals surface area contributed by atoms with Gasteiger partial charge in [0.2, 0.25) is 0 Å². The zero-order valence-electron chi connectivity index (χ0n) is 25.5.